The summed E-state index contributed by atoms with van der Waals surface area (Å²) in [4.78, 5) is 16.4. The molecule has 0 bridgehead atoms. The first kappa shape index (κ1) is 12.0. The Balaban J connectivity index is 2.52. The van der Waals surface area contributed by atoms with Crippen molar-refractivity contribution in [2.45, 2.75) is 13.8 Å². The molecule has 0 saturated heterocycles. The van der Waals surface area contributed by atoms with E-state index in [4.69, 9.17) is 0 Å². The van der Waals surface area contributed by atoms with Crippen LogP contribution in [0.2, 0.25) is 0 Å². The van der Waals surface area contributed by atoms with E-state index >= 15 is 0 Å². The molecule has 0 aliphatic carbocycles. The van der Waals surface area contributed by atoms with Crippen molar-refractivity contribution >= 4 is 21.7 Å². The van der Waals surface area contributed by atoms with E-state index in [1.54, 1.807) is 12.4 Å². The molecule has 0 fully saturated rings. The molecule has 0 N–H and O–H groups in total. The van der Waals surface area contributed by atoms with Crippen LogP contribution in [0.25, 0.3) is 0 Å². The highest BCUT2D eigenvalue weighted by molar-refractivity contribution is 9.10. The minimum absolute atomic E-state index is 0.0226. The molecule has 2 rings (SSSR count). The SMILES string of the molecule is Cc1ccncc1C(=O)c1cccc(Br)c1C. The average Bonchev–Trinajstić information content (AvgIpc) is 2.32. The highest BCUT2D eigenvalue weighted by Crippen LogP contribution is 2.22. The zero-order valence-electron chi connectivity index (χ0n) is 9.70. The van der Waals surface area contributed by atoms with Crippen molar-refractivity contribution in [2.75, 3.05) is 0 Å². The minimum atomic E-state index is 0.0226. The van der Waals surface area contributed by atoms with Gasteiger partial charge in [-0.2, -0.15) is 0 Å². The molecule has 3 heteroatoms. The maximum atomic E-state index is 12.4. The lowest BCUT2D eigenvalue weighted by atomic mass is 9.98. The van der Waals surface area contributed by atoms with Gasteiger partial charge in [0.1, 0.15) is 0 Å². The molecule has 0 aliphatic rings. The molecule has 0 amide bonds. The van der Waals surface area contributed by atoms with Crippen molar-refractivity contribution in [2.24, 2.45) is 0 Å². The number of pyridine rings is 1. The Morgan fingerprint density at radius 1 is 1.18 bits per heavy atom. The molecular formula is C14H12BrNO. The summed E-state index contributed by atoms with van der Waals surface area (Å²) in [5, 5.41) is 0. The first-order valence-corrected chi connectivity index (χ1v) is 6.11. The van der Waals surface area contributed by atoms with Gasteiger partial charge in [0.2, 0.25) is 0 Å². The number of halogens is 1. The van der Waals surface area contributed by atoms with Gasteiger partial charge in [0.15, 0.2) is 5.78 Å². The number of carbonyl (C=O) groups excluding carboxylic acids is 1. The average molecular weight is 290 g/mol. The molecule has 0 saturated carbocycles. The van der Waals surface area contributed by atoms with Gasteiger partial charge in [-0.05, 0) is 37.1 Å². The standard InChI is InChI=1S/C14H12BrNO/c1-9-6-7-16-8-12(9)14(17)11-4-3-5-13(15)10(11)2/h3-8H,1-2H3. The fraction of sp³-hybridized carbons (Fsp3) is 0.143. The van der Waals surface area contributed by atoms with Crippen LogP contribution in [0.15, 0.2) is 41.1 Å². The number of aromatic nitrogens is 1. The molecule has 1 heterocycles. The van der Waals surface area contributed by atoms with Crippen LogP contribution < -0.4 is 0 Å². The molecule has 0 unspecified atom stereocenters. The zero-order chi connectivity index (χ0) is 12.4. The second kappa shape index (κ2) is 4.80. The number of hydrogen-bond acceptors (Lipinski definition) is 2. The molecule has 2 nitrogen and oxygen atoms in total. The van der Waals surface area contributed by atoms with E-state index in [1.165, 1.54) is 0 Å². The summed E-state index contributed by atoms with van der Waals surface area (Å²) in [5.41, 5.74) is 3.29. The summed E-state index contributed by atoms with van der Waals surface area (Å²) in [6.07, 6.45) is 3.32. The molecule has 1 aromatic carbocycles. The summed E-state index contributed by atoms with van der Waals surface area (Å²) in [7, 11) is 0. The van der Waals surface area contributed by atoms with Gasteiger partial charge in [-0.25, -0.2) is 0 Å². The number of ketones is 1. The number of carbonyl (C=O) groups is 1. The van der Waals surface area contributed by atoms with Crippen LogP contribution in [0.5, 0.6) is 0 Å². The van der Waals surface area contributed by atoms with Gasteiger partial charge < -0.3 is 0 Å². The van der Waals surface area contributed by atoms with Crippen LogP contribution in [0.1, 0.15) is 27.0 Å². The van der Waals surface area contributed by atoms with Crippen molar-refractivity contribution in [1.29, 1.82) is 0 Å². The molecular weight excluding hydrogens is 278 g/mol. The van der Waals surface area contributed by atoms with Gasteiger partial charge >= 0.3 is 0 Å². The third-order valence-corrected chi connectivity index (χ3v) is 3.66. The zero-order valence-corrected chi connectivity index (χ0v) is 11.3. The Labute approximate surface area is 109 Å². The topological polar surface area (TPSA) is 30.0 Å². The van der Waals surface area contributed by atoms with Crippen molar-refractivity contribution in [3.8, 4) is 0 Å². The molecule has 17 heavy (non-hydrogen) atoms. The van der Waals surface area contributed by atoms with E-state index in [0.717, 1.165) is 21.2 Å². The van der Waals surface area contributed by atoms with Crippen LogP contribution in [0, 0.1) is 13.8 Å². The second-order valence-electron chi connectivity index (χ2n) is 3.93. The lowest BCUT2D eigenvalue weighted by Gasteiger charge is -2.08. The Bertz CT molecular complexity index is 578. The Kier molecular flexibility index (Phi) is 3.38. The van der Waals surface area contributed by atoms with Crippen LogP contribution in [-0.2, 0) is 0 Å². The molecule has 0 atom stereocenters. The number of rotatable bonds is 2. The summed E-state index contributed by atoms with van der Waals surface area (Å²) >= 11 is 3.44. The third-order valence-electron chi connectivity index (χ3n) is 2.80. The largest absolute Gasteiger partial charge is 0.289 e. The van der Waals surface area contributed by atoms with E-state index in [2.05, 4.69) is 20.9 Å². The summed E-state index contributed by atoms with van der Waals surface area (Å²) in [6.45, 7) is 3.85. The van der Waals surface area contributed by atoms with Crippen molar-refractivity contribution in [1.82, 2.24) is 4.98 Å². The molecule has 1 aromatic heterocycles. The lowest BCUT2D eigenvalue weighted by Crippen LogP contribution is -2.06. The predicted octanol–water partition coefficient (Wildman–Crippen LogP) is 3.69. The Hall–Kier alpha value is -1.48. The van der Waals surface area contributed by atoms with E-state index in [1.807, 2.05) is 38.1 Å². The van der Waals surface area contributed by atoms with E-state index in [9.17, 15) is 4.79 Å². The van der Waals surface area contributed by atoms with Crippen molar-refractivity contribution < 1.29 is 4.79 Å². The summed E-state index contributed by atoms with van der Waals surface area (Å²) < 4.78 is 0.949. The monoisotopic (exact) mass is 289 g/mol. The third kappa shape index (κ3) is 2.29. The highest BCUT2D eigenvalue weighted by atomic mass is 79.9. The fourth-order valence-corrected chi connectivity index (χ4v) is 2.07. The molecule has 0 spiro atoms. The van der Waals surface area contributed by atoms with Gasteiger partial charge in [0.05, 0.1) is 0 Å². The lowest BCUT2D eigenvalue weighted by molar-refractivity contribution is 0.103. The van der Waals surface area contributed by atoms with E-state index in [0.29, 0.717) is 5.56 Å². The van der Waals surface area contributed by atoms with Crippen LogP contribution >= 0.6 is 15.9 Å². The van der Waals surface area contributed by atoms with Crippen LogP contribution in [-0.4, -0.2) is 10.8 Å². The molecule has 86 valence electrons. The quantitative estimate of drug-likeness (QED) is 0.789. The first-order chi connectivity index (χ1) is 8.11. The Morgan fingerprint density at radius 3 is 2.65 bits per heavy atom. The van der Waals surface area contributed by atoms with Gasteiger partial charge in [0, 0.05) is 28.0 Å². The molecule has 0 aliphatic heterocycles. The number of aryl methyl sites for hydroxylation is 1. The summed E-state index contributed by atoms with van der Waals surface area (Å²) in [6, 6.07) is 7.49. The normalized spacial score (nSPS) is 10.3. The highest BCUT2D eigenvalue weighted by Gasteiger charge is 2.14. The number of benzene rings is 1. The summed E-state index contributed by atoms with van der Waals surface area (Å²) in [5.74, 6) is 0.0226. The van der Waals surface area contributed by atoms with Gasteiger partial charge in [-0.3, -0.25) is 9.78 Å². The van der Waals surface area contributed by atoms with Crippen molar-refractivity contribution in [3.05, 3.63) is 63.4 Å². The smallest absolute Gasteiger partial charge is 0.195 e. The molecule has 2 aromatic rings. The van der Waals surface area contributed by atoms with Crippen molar-refractivity contribution in [3.63, 3.8) is 0 Å². The van der Waals surface area contributed by atoms with E-state index in [-0.39, 0.29) is 5.78 Å². The van der Waals surface area contributed by atoms with Crippen LogP contribution in [0.3, 0.4) is 0 Å². The minimum Gasteiger partial charge on any atom is -0.289 e. The van der Waals surface area contributed by atoms with Gasteiger partial charge in [-0.15, -0.1) is 0 Å². The van der Waals surface area contributed by atoms with Crippen LogP contribution in [0.4, 0.5) is 0 Å². The molecule has 0 radical (unpaired) electrons. The predicted molar refractivity (Wildman–Crippen MR) is 71.3 cm³/mol. The van der Waals surface area contributed by atoms with Gasteiger partial charge in [-0.1, -0.05) is 28.1 Å². The number of nitrogens with zero attached hydrogens (tertiary/aromatic N) is 1. The maximum absolute atomic E-state index is 12.4. The number of hydrogen-bond donors (Lipinski definition) is 0. The first-order valence-electron chi connectivity index (χ1n) is 5.31. The van der Waals surface area contributed by atoms with Gasteiger partial charge in [0.25, 0.3) is 0 Å². The second-order valence-corrected chi connectivity index (χ2v) is 4.79. The van der Waals surface area contributed by atoms with E-state index < -0.39 is 0 Å². The Morgan fingerprint density at radius 2 is 1.94 bits per heavy atom. The maximum Gasteiger partial charge on any atom is 0.195 e. The fourth-order valence-electron chi connectivity index (χ4n) is 1.70.